The van der Waals surface area contributed by atoms with Crippen molar-refractivity contribution in [1.82, 2.24) is 20.3 Å². The van der Waals surface area contributed by atoms with E-state index in [1.807, 2.05) is 11.7 Å². The summed E-state index contributed by atoms with van der Waals surface area (Å²) in [5.41, 5.74) is 1.27. The highest BCUT2D eigenvalue weighted by Crippen LogP contribution is 2.43. The topological polar surface area (TPSA) is 42.7 Å². The summed E-state index contributed by atoms with van der Waals surface area (Å²) in [6, 6.07) is 0.584. The molecule has 0 saturated heterocycles. The number of nitrogens with one attached hydrogen (secondary N) is 1. The van der Waals surface area contributed by atoms with Gasteiger partial charge in [0.1, 0.15) is 0 Å². The SMILES string of the molecule is CCNC1CC(C)CCC1C(C)(C)c1c(Br)nnn1C. The van der Waals surface area contributed by atoms with E-state index in [4.69, 9.17) is 0 Å². The summed E-state index contributed by atoms with van der Waals surface area (Å²) < 4.78 is 2.81. The summed E-state index contributed by atoms with van der Waals surface area (Å²) in [6.07, 6.45) is 3.85. The van der Waals surface area contributed by atoms with Crippen LogP contribution in [0.15, 0.2) is 4.60 Å². The summed E-state index contributed by atoms with van der Waals surface area (Å²) in [5, 5.41) is 12.0. The van der Waals surface area contributed by atoms with E-state index in [2.05, 4.69) is 59.3 Å². The van der Waals surface area contributed by atoms with Gasteiger partial charge >= 0.3 is 0 Å². The zero-order valence-corrected chi connectivity index (χ0v) is 14.9. The van der Waals surface area contributed by atoms with Crippen LogP contribution in [-0.2, 0) is 12.5 Å². The molecule has 1 heterocycles. The molecule has 5 heteroatoms. The fraction of sp³-hybridized carbons (Fsp3) is 0.867. The Hall–Kier alpha value is -0.420. The van der Waals surface area contributed by atoms with Crippen LogP contribution < -0.4 is 5.32 Å². The summed E-state index contributed by atoms with van der Waals surface area (Å²) >= 11 is 3.58. The van der Waals surface area contributed by atoms with Gasteiger partial charge in [0.05, 0.1) is 5.69 Å². The van der Waals surface area contributed by atoms with E-state index < -0.39 is 0 Å². The van der Waals surface area contributed by atoms with Crippen LogP contribution in [0.2, 0.25) is 0 Å². The fourth-order valence-corrected chi connectivity index (χ4v) is 4.76. The zero-order chi connectivity index (χ0) is 14.9. The molecule has 0 radical (unpaired) electrons. The first-order valence-electron chi connectivity index (χ1n) is 7.67. The summed E-state index contributed by atoms with van der Waals surface area (Å²) in [7, 11) is 1.99. The first-order valence-corrected chi connectivity index (χ1v) is 8.46. The molecule has 3 unspecified atom stereocenters. The fourth-order valence-electron chi connectivity index (χ4n) is 3.92. The van der Waals surface area contributed by atoms with Gasteiger partial charge in [0.2, 0.25) is 0 Å². The maximum Gasteiger partial charge on any atom is 0.152 e. The largest absolute Gasteiger partial charge is 0.314 e. The van der Waals surface area contributed by atoms with Crippen molar-refractivity contribution in [1.29, 1.82) is 0 Å². The molecule has 1 aliphatic carbocycles. The Bertz CT molecular complexity index is 435. The number of hydrogen-bond donors (Lipinski definition) is 1. The van der Waals surface area contributed by atoms with Crippen LogP contribution in [0.4, 0.5) is 0 Å². The molecule has 20 heavy (non-hydrogen) atoms. The van der Waals surface area contributed by atoms with Gasteiger partial charge in [0.25, 0.3) is 0 Å². The standard InChI is InChI=1S/C15H27BrN4/c1-6-17-12-9-10(2)7-8-11(12)15(3,4)13-14(16)18-19-20(13)5/h10-12,17H,6-9H2,1-5H3. The zero-order valence-electron chi connectivity index (χ0n) is 13.3. The number of halogens is 1. The Kier molecular flexibility index (Phi) is 4.90. The van der Waals surface area contributed by atoms with E-state index in [1.54, 1.807) is 0 Å². The molecule has 1 aliphatic rings. The van der Waals surface area contributed by atoms with Gasteiger partial charge in [-0.1, -0.05) is 39.3 Å². The van der Waals surface area contributed by atoms with Crippen LogP contribution >= 0.6 is 15.9 Å². The van der Waals surface area contributed by atoms with E-state index in [-0.39, 0.29) is 5.41 Å². The van der Waals surface area contributed by atoms with Crippen molar-refractivity contribution in [2.75, 3.05) is 6.54 Å². The van der Waals surface area contributed by atoms with Crippen molar-refractivity contribution >= 4 is 15.9 Å². The maximum absolute atomic E-state index is 4.17. The van der Waals surface area contributed by atoms with Crippen LogP contribution in [0.1, 0.15) is 52.7 Å². The van der Waals surface area contributed by atoms with Gasteiger partial charge in [-0.15, -0.1) is 5.10 Å². The minimum atomic E-state index is 0.0596. The second kappa shape index (κ2) is 6.14. The van der Waals surface area contributed by atoms with Crippen molar-refractivity contribution in [2.24, 2.45) is 18.9 Å². The van der Waals surface area contributed by atoms with Crippen molar-refractivity contribution < 1.29 is 0 Å². The van der Waals surface area contributed by atoms with E-state index in [1.165, 1.54) is 25.0 Å². The van der Waals surface area contributed by atoms with E-state index in [0.29, 0.717) is 12.0 Å². The lowest BCUT2D eigenvalue weighted by atomic mass is 9.65. The molecular formula is C15H27BrN4. The van der Waals surface area contributed by atoms with Crippen molar-refractivity contribution in [3.05, 3.63) is 10.3 Å². The third-order valence-electron chi connectivity index (χ3n) is 4.90. The minimum Gasteiger partial charge on any atom is -0.314 e. The Morgan fingerprint density at radius 2 is 2.10 bits per heavy atom. The van der Waals surface area contributed by atoms with Gasteiger partial charge in [-0.25, -0.2) is 0 Å². The first-order chi connectivity index (χ1) is 9.37. The predicted molar refractivity (Wildman–Crippen MR) is 85.7 cm³/mol. The maximum atomic E-state index is 4.17. The first kappa shape index (κ1) is 16.0. The molecule has 4 nitrogen and oxygen atoms in total. The van der Waals surface area contributed by atoms with Gasteiger partial charge in [-0.05, 0) is 47.2 Å². The third kappa shape index (κ3) is 2.93. The van der Waals surface area contributed by atoms with Crippen LogP contribution in [0.25, 0.3) is 0 Å². The smallest absolute Gasteiger partial charge is 0.152 e. The lowest BCUT2D eigenvalue weighted by Gasteiger charge is -2.44. The Morgan fingerprint density at radius 3 is 2.65 bits per heavy atom. The second-order valence-electron chi connectivity index (χ2n) is 6.76. The molecule has 1 aromatic heterocycles. The number of aryl methyl sites for hydroxylation is 1. The van der Waals surface area contributed by atoms with Gasteiger partial charge in [0, 0.05) is 18.5 Å². The van der Waals surface area contributed by atoms with Crippen molar-refractivity contribution in [3.8, 4) is 0 Å². The monoisotopic (exact) mass is 342 g/mol. The highest BCUT2D eigenvalue weighted by Gasteiger charge is 2.42. The molecule has 1 aromatic rings. The molecular weight excluding hydrogens is 316 g/mol. The lowest BCUT2D eigenvalue weighted by molar-refractivity contribution is 0.141. The molecule has 1 saturated carbocycles. The quantitative estimate of drug-likeness (QED) is 0.912. The molecule has 0 amide bonds. The molecule has 3 atom stereocenters. The highest BCUT2D eigenvalue weighted by atomic mass is 79.9. The molecule has 114 valence electrons. The molecule has 1 N–H and O–H groups in total. The Balaban J connectivity index is 2.31. The average molecular weight is 343 g/mol. The average Bonchev–Trinajstić information content (AvgIpc) is 2.69. The van der Waals surface area contributed by atoms with Gasteiger partial charge in [-0.2, -0.15) is 0 Å². The van der Waals surface area contributed by atoms with Crippen molar-refractivity contribution in [2.45, 2.75) is 58.4 Å². The number of nitrogens with zero attached hydrogens (tertiary/aromatic N) is 3. The molecule has 0 spiro atoms. The lowest BCUT2D eigenvalue weighted by Crippen LogP contribution is -2.49. The molecule has 0 aromatic carbocycles. The van der Waals surface area contributed by atoms with Crippen LogP contribution in [0, 0.1) is 11.8 Å². The number of hydrogen-bond acceptors (Lipinski definition) is 3. The van der Waals surface area contributed by atoms with Crippen LogP contribution in [-0.4, -0.2) is 27.6 Å². The van der Waals surface area contributed by atoms with E-state index in [0.717, 1.165) is 17.1 Å². The summed E-state index contributed by atoms with van der Waals surface area (Å²) in [4.78, 5) is 0. The van der Waals surface area contributed by atoms with E-state index >= 15 is 0 Å². The molecule has 2 rings (SSSR count). The Morgan fingerprint density at radius 1 is 1.40 bits per heavy atom. The van der Waals surface area contributed by atoms with Gasteiger partial charge in [-0.3, -0.25) is 4.68 Å². The summed E-state index contributed by atoms with van der Waals surface area (Å²) in [6.45, 7) is 10.3. The second-order valence-corrected chi connectivity index (χ2v) is 7.51. The summed E-state index contributed by atoms with van der Waals surface area (Å²) in [5.74, 6) is 1.44. The number of aromatic nitrogens is 3. The predicted octanol–water partition coefficient (Wildman–Crippen LogP) is 3.27. The molecule has 0 bridgehead atoms. The normalized spacial score (nSPS) is 27.8. The van der Waals surface area contributed by atoms with Gasteiger partial charge < -0.3 is 5.32 Å². The van der Waals surface area contributed by atoms with Crippen molar-refractivity contribution in [3.63, 3.8) is 0 Å². The minimum absolute atomic E-state index is 0.0596. The number of rotatable bonds is 4. The van der Waals surface area contributed by atoms with Crippen LogP contribution in [0.5, 0.6) is 0 Å². The third-order valence-corrected chi connectivity index (χ3v) is 5.44. The van der Waals surface area contributed by atoms with Gasteiger partial charge in [0.15, 0.2) is 4.60 Å². The Labute approximate surface area is 130 Å². The molecule has 1 fully saturated rings. The van der Waals surface area contributed by atoms with E-state index in [9.17, 15) is 0 Å². The van der Waals surface area contributed by atoms with Crippen LogP contribution in [0.3, 0.4) is 0 Å². The molecule has 0 aliphatic heterocycles. The highest BCUT2D eigenvalue weighted by molar-refractivity contribution is 9.10.